The summed E-state index contributed by atoms with van der Waals surface area (Å²) in [5, 5.41) is 9.21. The van der Waals surface area contributed by atoms with Crippen LogP contribution in [0, 0.1) is 6.92 Å². The lowest BCUT2D eigenvalue weighted by atomic mass is 10.1. The zero-order valence-electron chi connectivity index (χ0n) is 16.4. The fourth-order valence-corrected chi connectivity index (χ4v) is 5.34. The van der Waals surface area contributed by atoms with Gasteiger partial charge in [0.2, 0.25) is 0 Å². The molecule has 0 saturated carbocycles. The Labute approximate surface area is 181 Å². The molecule has 0 aliphatic carbocycles. The van der Waals surface area contributed by atoms with Crippen molar-refractivity contribution in [1.29, 1.82) is 0 Å². The van der Waals surface area contributed by atoms with Gasteiger partial charge in [-0.2, -0.15) is 13.2 Å². The van der Waals surface area contributed by atoms with Gasteiger partial charge in [0.1, 0.15) is 0 Å². The number of benzene rings is 2. The molecule has 0 amide bonds. The average molecular weight is 470 g/mol. The summed E-state index contributed by atoms with van der Waals surface area (Å²) in [6.45, 7) is 3.52. The van der Waals surface area contributed by atoms with E-state index in [1.54, 1.807) is 19.1 Å². The molecule has 2 aromatic carbocycles. The van der Waals surface area contributed by atoms with Crippen LogP contribution in [-0.2, 0) is 22.6 Å². The lowest BCUT2D eigenvalue weighted by Gasteiger charge is -2.17. The molecule has 31 heavy (non-hydrogen) atoms. The second kappa shape index (κ2) is 8.35. The lowest BCUT2D eigenvalue weighted by Crippen LogP contribution is -2.17. The van der Waals surface area contributed by atoms with Crippen LogP contribution < -0.4 is 4.72 Å². The minimum Gasteiger partial charge on any atom is -0.478 e. The van der Waals surface area contributed by atoms with E-state index in [9.17, 15) is 31.5 Å². The van der Waals surface area contributed by atoms with Crippen LogP contribution >= 0.6 is 11.3 Å². The van der Waals surface area contributed by atoms with Gasteiger partial charge in [-0.25, -0.2) is 13.2 Å². The molecule has 0 saturated heterocycles. The maximum absolute atomic E-state index is 13.3. The van der Waals surface area contributed by atoms with Gasteiger partial charge in [0, 0.05) is 15.3 Å². The number of halogens is 3. The van der Waals surface area contributed by atoms with Gasteiger partial charge >= 0.3 is 12.1 Å². The van der Waals surface area contributed by atoms with Gasteiger partial charge in [0.15, 0.2) is 0 Å². The maximum Gasteiger partial charge on any atom is 0.416 e. The number of hydrogen-bond acceptors (Lipinski definition) is 4. The fourth-order valence-electron chi connectivity index (χ4n) is 3.03. The highest BCUT2D eigenvalue weighted by atomic mass is 32.2. The number of hydrogen-bond donors (Lipinski definition) is 2. The smallest absolute Gasteiger partial charge is 0.416 e. The summed E-state index contributed by atoms with van der Waals surface area (Å²) in [6, 6.07) is 10.0. The molecule has 0 aliphatic heterocycles. The number of alkyl halides is 3. The Balaban J connectivity index is 2.16. The van der Waals surface area contributed by atoms with Gasteiger partial charge < -0.3 is 5.11 Å². The van der Waals surface area contributed by atoms with E-state index in [4.69, 9.17) is 0 Å². The normalized spacial score (nSPS) is 12.0. The molecule has 0 radical (unpaired) electrons. The molecule has 1 heterocycles. The summed E-state index contributed by atoms with van der Waals surface area (Å²) >= 11 is 1.31. The van der Waals surface area contributed by atoms with E-state index in [0.29, 0.717) is 16.0 Å². The first-order chi connectivity index (χ1) is 14.4. The van der Waals surface area contributed by atoms with E-state index in [1.165, 1.54) is 29.5 Å². The van der Waals surface area contributed by atoms with Crippen LogP contribution in [-0.4, -0.2) is 19.5 Å². The fraction of sp³-hybridized carbons (Fsp3) is 0.190. The molecule has 1 aromatic heterocycles. The van der Waals surface area contributed by atoms with Crippen LogP contribution in [0.2, 0.25) is 0 Å². The number of aromatic carboxylic acids is 1. The highest BCUT2D eigenvalue weighted by Crippen LogP contribution is 2.39. The summed E-state index contributed by atoms with van der Waals surface area (Å²) in [5.74, 6) is -1.31. The van der Waals surface area contributed by atoms with Gasteiger partial charge in [0.05, 0.1) is 21.7 Å². The summed E-state index contributed by atoms with van der Waals surface area (Å²) in [4.78, 5) is 12.5. The summed E-state index contributed by atoms with van der Waals surface area (Å²) in [5.41, 5.74) is -0.840. The lowest BCUT2D eigenvalue weighted by molar-refractivity contribution is -0.137. The molecule has 0 aliphatic rings. The Morgan fingerprint density at radius 2 is 1.81 bits per heavy atom. The number of nitrogens with one attached hydrogen (secondary N) is 1. The first kappa shape index (κ1) is 22.8. The van der Waals surface area contributed by atoms with Crippen molar-refractivity contribution in [2.24, 2.45) is 0 Å². The van der Waals surface area contributed by atoms with E-state index in [-0.39, 0.29) is 22.6 Å². The van der Waals surface area contributed by atoms with Crippen LogP contribution in [0.25, 0.3) is 10.4 Å². The first-order valence-corrected chi connectivity index (χ1v) is 11.4. The third-order valence-electron chi connectivity index (χ3n) is 4.58. The zero-order valence-corrected chi connectivity index (χ0v) is 18.1. The van der Waals surface area contributed by atoms with Crippen LogP contribution in [0.4, 0.5) is 18.9 Å². The van der Waals surface area contributed by atoms with Crippen molar-refractivity contribution in [3.63, 3.8) is 0 Å². The minimum absolute atomic E-state index is 0.237. The monoisotopic (exact) mass is 469 g/mol. The molecule has 5 nitrogen and oxygen atoms in total. The van der Waals surface area contributed by atoms with Crippen molar-refractivity contribution in [3.8, 4) is 10.4 Å². The molecule has 3 aromatic rings. The molecular weight excluding hydrogens is 451 g/mol. The average Bonchev–Trinajstić information content (AvgIpc) is 3.12. The number of rotatable bonds is 6. The summed E-state index contributed by atoms with van der Waals surface area (Å²) < 4.78 is 68.3. The molecule has 10 heteroatoms. The second-order valence-corrected chi connectivity index (χ2v) is 9.69. The van der Waals surface area contributed by atoms with Crippen molar-refractivity contribution in [2.45, 2.75) is 31.3 Å². The van der Waals surface area contributed by atoms with Gasteiger partial charge in [-0.3, -0.25) is 4.72 Å². The van der Waals surface area contributed by atoms with E-state index >= 15 is 0 Å². The van der Waals surface area contributed by atoms with Crippen molar-refractivity contribution < 1.29 is 31.5 Å². The largest absolute Gasteiger partial charge is 0.478 e. The Morgan fingerprint density at radius 3 is 2.35 bits per heavy atom. The SMILES string of the molecule is CCc1ccc(C(=O)O)cc1S(=O)(=O)Nc1cc(C(F)(F)F)ccc1-c1ccc(C)s1. The molecule has 0 bridgehead atoms. The van der Waals surface area contributed by atoms with Crippen molar-refractivity contribution in [2.75, 3.05) is 4.72 Å². The number of carbonyl (C=O) groups is 1. The molecule has 0 unspecified atom stereocenters. The van der Waals surface area contributed by atoms with Crippen LogP contribution in [0.1, 0.15) is 33.3 Å². The van der Waals surface area contributed by atoms with E-state index in [2.05, 4.69) is 4.72 Å². The van der Waals surface area contributed by atoms with Gasteiger partial charge in [0.25, 0.3) is 10.0 Å². The molecule has 2 N–H and O–H groups in total. The van der Waals surface area contributed by atoms with Gasteiger partial charge in [-0.15, -0.1) is 11.3 Å². The van der Waals surface area contributed by atoms with Crippen LogP contribution in [0.15, 0.2) is 53.4 Å². The molecule has 164 valence electrons. The Hall–Kier alpha value is -2.85. The van der Waals surface area contributed by atoms with E-state index in [1.807, 2.05) is 6.92 Å². The Morgan fingerprint density at radius 1 is 1.10 bits per heavy atom. The third kappa shape index (κ3) is 4.91. The Kier molecular flexibility index (Phi) is 6.15. The minimum atomic E-state index is -4.66. The predicted octanol–water partition coefficient (Wildman–Crippen LogP) is 5.80. The van der Waals surface area contributed by atoms with Crippen LogP contribution in [0.3, 0.4) is 0 Å². The zero-order chi connectivity index (χ0) is 23.0. The molecule has 0 fully saturated rings. The number of carboxylic acids is 1. The second-order valence-electron chi connectivity index (χ2n) is 6.76. The van der Waals surface area contributed by atoms with Gasteiger partial charge in [-0.05, 0) is 55.3 Å². The highest BCUT2D eigenvalue weighted by Gasteiger charge is 2.32. The topological polar surface area (TPSA) is 83.5 Å². The van der Waals surface area contributed by atoms with E-state index < -0.39 is 27.7 Å². The van der Waals surface area contributed by atoms with Crippen LogP contribution in [0.5, 0.6) is 0 Å². The Bertz CT molecular complexity index is 1250. The highest BCUT2D eigenvalue weighted by molar-refractivity contribution is 7.92. The van der Waals surface area contributed by atoms with E-state index in [0.717, 1.165) is 23.1 Å². The summed E-state index contributed by atoms with van der Waals surface area (Å²) in [6.07, 6.45) is -4.38. The number of aryl methyl sites for hydroxylation is 2. The molecular formula is C21H18F3NO4S2. The standard InChI is InChI=1S/C21H18F3NO4S2/c1-3-13-5-6-14(20(26)27)10-19(13)31(28,29)25-17-11-15(21(22,23)24)7-8-16(17)18-9-4-12(2)30-18/h4-11,25H,3H2,1-2H3,(H,26,27). The molecule has 0 spiro atoms. The number of anilines is 1. The van der Waals surface area contributed by atoms with Crippen molar-refractivity contribution in [1.82, 2.24) is 0 Å². The quantitative estimate of drug-likeness (QED) is 0.478. The third-order valence-corrected chi connectivity index (χ3v) is 7.06. The van der Waals surface area contributed by atoms with Gasteiger partial charge in [-0.1, -0.05) is 19.1 Å². The molecule has 0 atom stereocenters. The number of sulfonamides is 1. The number of thiophene rings is 1. The number of carboxylic acid groups (broad SMARTS) is 1. The first-order valence-electron chi connectivity index (χ1n) is 9.09. The summed E-state index contributed by atoms with van der Waals surface area (Å²) in [7, 11) is -4.37. The molecule has 3 rings (SSSR count). The van der Waals surface area contributed by atoms with Crippen molar-refractivity contribution in [3.05, 3.63) is 70.1 Å². The predicted molar refractivity (Wildman–Crippen MR) is 113 cm³/mol. The van der Waals surface area contributed by atoms with Crippen molar-refractivity contribution >= 4 is 33.0 Å². The maximum atomic E-state index is 13.3.